The fourth-order valence-electron chi connectivity index (χ4n) is 3.63. The average molecular weight is 340 g/mol. The molecule has 2 heterocycles. The van der Waals surface area contributed by atoms with Gasteiger partial charge in [0.15, 0.2) is 0 Å². The van der Waals surface area contributed by atoms with Crippen molar-refractivity contribution in [2.45, 2.75) is 44.6 Å². The van der Waals surface area contributed by atoms with Gasteiger partial charge in [0.05, 0.1) is 17.8 Å². The molecule has 1 aromatic carbocycles. The fourth-order valence-corrected chi connectivity index (χ4v) is 3.63. The van der Waals surface area contributed by atoms with E-state index in [1.807, 2.05) is 42.3 Å². The summed E-state index contributed by atoms with van der Waals surface area (Å²) in [4.78, 5) is 15.2. The van der Waals surface area contributed by atoms with Crippen LogP contribution in [0.3, 0.4) is 0 Å². The average Bonchev–Trinajstić information content (AvgIpc) is 3.07. The molecule has 1 aromatic heterocycles. The van der Waals surface area contributed by atoms with E-state index in [9.17, 15) is 4.79 Å². The first-order valence-electron chi connectivity index (χ1n) is 9.26. The van der Waals surface area contributed by atoms with Crippen molar-refractivity contribution in [3.63, 3.8) is 0 Å². The van der Waals surface area contributed by atoms with Crippen molar-refractivity contribution in [2.75, 3.05) is 18.0 Å². The molecule has 2 aromatic rings. The molecule has 5 nitrogen and oxygen atoms in total. The molecular weight excluding hydrogens is 312 g/mol. The fraction of sp³-hybridized carbons (Fsp3) is 0.500. The Morgan fingerprint density at radius 3 is 2.84 bits per heavy atom. The van der Waals surface area contributed by atoms with Gasteiger partial charge in [-0.25, -0.2) is 0 Å². The van der Waals surface area contributed by atoms with Crippen molar-refractivity contribution in [3.05, 3.63) is 48.3 Å². The molecule has 1 fully saturated rings. The Kier molecular flexibility index (Phi) is 5.74. The van der Waals surface area contributed by atoms with Crippen LogP contribution in [-0.4, -0.2) is 34.8 Å². The number of nitrogens with zero attached hydrogens (tertiary/aromatic N) is 3. The van der Waals surface area contributed by atoms with Crippen molar-refractivity contribution in [3.8, 4) is 0 Å². The first-order chi connectivity index (χ1) is 12.2. The third kappa shape index (κ3) is 4.41. The highest BCUT2D eigenvalue weighted by molar-refractivity contribution is 5.84. The lowest BCUT2D eigenvalue weighted by molar-refractivity contribution is -0.123. The molecule has 1 aliphatic rings. The van der Waals surface area contributed by atoms with Crippen molar-refractivity contribution in [2.24, 2.45) is 7.05 Å². The highest BCUT2D eigenvalue weighted by atomic mass is 16.1. The SMILES string of the molecule is CCCC(C(=O)NC1CCCN(c2cnn(C)c2)C1)c1ccccc1. The van der Waals surface area contributed by atoms with E-state index in [1.54, 1.807) is 0 Å². The molecule has 1 saturated heterocycles. The molecule has 3 rings (SSSR count). The lowest BCUT2D eigenvalue weighted by Crippen LogP contribution is -2.49. The summed E-state index contributed by atoms with van der Waals surface area (Å²) < 4.78 is 1.82. The van der Waals surface area contributed by atoms with Crippen LogP contribution in [0.4, 0.5) is 5.69 Å². The van der Waals surface area contributed by atoms with Gasteiger partial charge < -0.3 is 10.2 Å². The minimum absolute atomic E-state index is 0.0556. The number of hydrogen-bond donors (Lipinski definition) is 1. The predicted octanol–water partition coefficient (Wildman–Crippen LogP) is 3.09. The summed E-state index contributed by atoms with van der Waals surface area (Å²) in [5.41, 5.74) is 2.25. The molecule has 0 bridgehead atoms. The first kappa shape index (κ1) is 17.5. The molecule has 134 valence electrons. The zero-order valence-corrected chi connectivity index (χ0v) is 15.2. The van der Waals surface area contributed by atoms with Gasteiger partial charge in [-0.1, -0.05) is 43.7 Å². The van der Waals surface area contributed by atoms with Crippen molar-refractivity contribution in [1.29, 1.82) is 0 Å². The number of nitrogens with one attached hydrogen (secondary N) is 1. The van der Waals surface area contributed by atoms with Crippen LogP contribution in [0.25, 0.3) is 0 Å². The van der Waals surface area contributed by atoms with Crippen LogP contribution >= 0.6 is 0 Å². The maximum atomic E-state index is 12.9. The molecule has 1 aliphatic heterocycles. The van der Waals surface area contributed by atoms with E-state index < -0.39 is 0 Å². The molecule has 1 amide bonds. The monoisotopic (exact) mass is 340 g/mol. The number of anilines is 1. The van der Waals surface area contributed by atoms with E-state index in [4.69, 9.17) is 0 Å². The van der Waals surface area contributed by atoms with E-state index in [0.29, 0.717) is 0 Å². The summed E-state index contributed by atoms with van der Waals surface area (Å²) in [5, 5.41) is 7.56. The van der Waals surface area contributed by atoms with Crippen LogP contribution in [0.1, 0.15) is 44.1 Å². The van der Waals surface area contributed by atoms with Crippen LogP contribution in [0.15, 0.2) is 42.7 Å². The molecule has 2 unspecified atom stereocenters. The van der Waals surface area contributed by atoms with Gasteiger partial charge >= 0.3 is 0 Å². The van der Waals surface area contributed by atoms with Crippen molar-refractivity contribution >= 4 is 11.6 Å². The number of rotatable bonds is 6. The predicted molar refractivity (Wildman–Crippen MR) is 101 cm³/mol. The highest BCUT2D eigenvalue weighted by Gasteiger charge is 2.26. The number of benzene rings is 1. The zero-order chi connectivity index (χ0) is 17.6. The van der Waals surface area contributed by atoms with Gasteiger partial charge in [-0.05, 0) is 24.8 Å². The van der Waals surface area contributed by atoms with Crippen LogP contribution in [-0.2, 0) is 11.8 Å². The zero-order valence-electron chi connectivity index (χ0n) is 15.2. The number of piperidine rings is 1. The minimum atomic E-state index is -0.0556. The summed E-state index contributed by atoms with van der Waals surface area (Å²) in [5.74, 6) is 0.103. The second kappa shape index (κ2) is 8.19. The van der Waals surface area contributed by atoms with Gasteiger partial charge in [0.2, 0.25) is 5.91 Å². The Labute approximate surface area is 150 Å². The molecule has 0 aliphatic carbocycles. The largest absolute Gasteiger partial charge is 0.367 e. The molecule has 2 atom stereocenters. The van der Waals surface area contributed by atoms with E-state index in [2.05, 4.69) is 34.4 Å². The van der Waals surface area contributed by atoms with Gasteiger partial charge in [0, 0.05) is 32.4 Å². The van der Waals surface area contributed by atoms with E-state index in [1.165, 1.54) is 0 Å². The van der Waals surface area contributed by atoms with Crippen LogP contribution < -0.4 is 10.2 Å². The molecule has 0 spiro atoms. The maximum Gasteiger partial charge on any atom is 0.227 e. The molecule has 0 radical (unpaired) electrons. The Morgan fingerprint density at radius 1 is 1.36 bits per heavy atom. The summed E-state index contributed by atoms with van der Waals surface area (Å²) in [6.45, 7) is 4.01. The lowest BCUT2D eigenvalue weighted by Gasteiger charge is -2.34. The van der Waals surface area contributed by atoms with Crippen LogP contribution in [0.5, 0.6) is 0 Å². The van der Waals surface area contributed by atoms with E-state index >= 15 is 0 Å². The maximum absolute atomic E-state index is 12.9. The lowest BCUT2D eigenvalue weighted by atomic mass is 9.93. The smallest absolute Gasteiger partial charge is 0.227 e. The number of carbonyl (C=O) groups is 1. The molecule has 5 heteroatoms. The third-order valence-corrected chi connectivity index (χ3v) is 4.92. The Balaban J connectivity index is 1.64. The molecule has 1 N–H and O–H groups in total. The van der Waals surface area contributed by atoms with Crippen LogP contribution in [0, 0.1) is 0 Å². The van der Waals surface area contributed by atoms with Crippen LogP contribution in [0.2, 0.25) is 0 Å². The Morgan fingerprint density at radius 2 is 2.16 bits per heavy atom. The van der Waals surface area contributed by atoms with Crippen molar-refractivity contribution in [1.82, 2.24) is 15.1 Å². The quantitative estimate of drug-likeness (QED) is 0.879. The number of amides is 1. The standard InChI is InChI=1S/C20H28N4O/c1-3-8-19(16-9-5-4-6-10-16)20(25)22-17-11-7-12-24(14-17)18-13-21-23(2)15-18/h4-6,9-10,13,15,17,19H,3,7-8,11-12,14H2,1-2H3,(H,22,25). The first-order valence-corrected chi connectivity index (χ1v) is 9.26. The van der Waals surface area contributed by atoms with Crippen molar-refractivity contribution < 1.29 is 4.79 Å². The van der Waals surface area contributed by atoms with Gasteiger partial charge in [0.1, 0.15) is 0 Å². The summed E-state index contributed by atoms with van der Waals surface area (Å²) >= 11 is 0. The number of carbonyl (C=O) groups excluding carboxylic acids is 1. The van der Waals surface area contributed by atoms with Gasteiger partial charge in [-0.2, -0.15) is 5.10 Å². The highest BCUT2D eigenvalue weighted by Crippen LogP contribution is 2.23. The molecule has 25 heavy (non-hydrogen) atoms. The molecular formula is C20H28N4O. The van der Waals surface area contributed by atoms with Gasteiger partial charge in [0.25, 0.3) is 0 Å². The Bertz CT molecular complexity index is 682. The normalized spacial score (nSPS) is 18.8. The number of aryl methyl sites for hydroxylation is 1. The summed E-state index contributed by atoms with van der Waals surface area (Å²) in [6, 6.07) is 10.3. The summed E-state index contributed by atoms with van der Waals surface area (Å²) in [6.07, 6.45) is 7.94. The van der Waals surface area contributed by atoms with Gasteiger partial charge in [-0.15, -0.1) is 0 Å². The second-order valence-corrected chi connectivity index (χ2v) is 6.92. The second-order valence-electron chi connectivity index (χ2n) is 6.92. The molecule has 0 saturated carbocycles. The number of hydrogen-bond acceptors (Lipinski definition) is 3. The topological polar surface area (TPSA) is 50.2 Å². The van der Waals surface area contributed by atoms with E-state index in [0.717, 1.165) is 50.0 Å². The van der Waals surface area contributed by atoms with E-state index in [-0.39, 0.29) is 17.9 Å². The third-order valence-electron chi connectivity index (χ3n) is 4.92. The summed E-state index contributed by atoms with van der Waals surface area (Å²) in [7, 11) is 1.93. The minimum Gasteiger partial charge on any atom is -0.367 e. The number of aromatic nitrogens is 2. The Hall–Kier alpha value is -2.30. The van der Waals surface area contributed by atoms with Gasteiger partial charge in [-0.3, -0.25) is 9.48 Å².